The van der Waals surface area contributed by atoms with E-state index < -0.39 is 53.1 Å². The first-order valence-corrected chi connectivity index (χ1v) is 16.0. The number of amides is 4. The number of hydrogen-bond acceptors (Lipinski definition) is 10. The fourth-order valence-corrected chi connectivity index (χ4v) is 6.26. The van der Waals surface area contributed by atoms with Crippen LogP contribution < -0.4 is 16.4 Å². The lowest BCUT2D eigenvalue weighted by Gasteiger charge is -2.35. The van der Waals surface area contributed by atoms with E-state index in [1.165, 1.54) is 10.8 Å². The largest absolute Gasteiger partial charge is 0.375 e. The molecule has 0 aromatic heterocycles. The van der Waals surface area contributed by atoms with Gasteiger partial charge in [0.15, 0.2) is 6.29 Å². The van der Waals surface area contributed by atoms with Crippen LogP contribution in [0.4, 0.5) is 0 Å². The zero-order valence-corrected chi connectivity index (χ0v) is 26.5. The number of nitrogens with zero attached hydrogens (tertiary/aromatic N) is 1. The molecular weight excluding hydrogens is 556 g/mol. The smallest absolute Gasteiger partial charge is 0.254 e. The van der Waals surface area contributed by atoms with Gasteiger partial charge in [0.2, 0.25) is 11.8 Å². The highest BCUT2D eigenvalue weighted by atomic mass is 33.1. The summed E-state index contributed by atoms with van der Waals surface area (Å²) < 4.78 is 6.04. The number of aliphatic hydroxyl groups excluding tert-OH is 1. The Kier molecular flexibility index (Phi) is 14.7. The van der Waals surface area contributed by atoms with E-state index in [9.17, 15) is 29.4 Å². The second-order valence-corrected chi connectivity index (χ2v) is 14.7. The van der Waals surface area contributed by atoms with Crippen LogP contribution in [-0.2, 0) is 23.9 Å². The van der Waals surface area contributed by atoms with Crippen LogP contribution in [0, 0.1) is 0 Å². The summed E-state index contributed by atoms with van der Waals surface area (Å²) in [4.78, 5) is 51.8. The van der Waals surface area contributed by atoms with Crippen LogP contribution in [-0.4, -0.2) is 91.9 Å². The number of aliphatic hydroxyl groups is 2. The quantitative estimate of drug-likeness (QED) is 0.0883. The molecule has 1 heterocycles. The van der Waals surface area contributed by atoms with Crippen LogP contribution in [0.3, 0.4) is 0 Å². The zero-order valence-electron chi connectivity index (χ0n) is 24.8. The second-order valence-electron chi connectivity index (χ2n) is 11.5. The maximum Gasteiger partial charge on any atom is 0.254 e. The van der Waals surface area contributed by atoms with Gasteiger partial charge in [-0.05, 0) is 39.5 Å². The molecule has 6 N–H and O–H groups in total. The second kappa shape index (κ2) is 16.1. The molecule has 40 heavy (non-hydrogen) atoms. The first kappa shape index (κ1) is 36.4. The van der Waals surface area contributed by atoms with Crippen LogP contribution in [0.1, 0.15) is 80.6 Å². The molecule has 0 fully saturated rings. The Hall–Kier alpha value is -1.64. The molecule has 13 heteroatoms. The molecule has 0 saturated carbocycles. The fraction of sp³-hybridized carbons (Fsp3) is 0.778. The fourth-order valence-electron chi connectivity index (χ4n) is 3.80. The van der Waals surface area contributed by atoms with Gasteiger partial charge in [0.1, 0.15) is 12.1 Å². The van der Waals surface area contributed by atoms with Crippen LogP contribution in [0.5, 0.6) is 0 Å². The Balaban J connectivity index is 2.97. The number of imide groups is 1. The maximum absolute atomic E-state index is 13.5. The molecule has 4 atom stereocenters. The number of carbonyl (C=O) groups is 4. The van der Waals surface area contributed by atoms with Crippen LogP contribution in [0.15, 0.2) is 12.2 Å². The Bertz CT molecular complexity index is 894. The highest BCUT2D eigenvalue weighted by Gasteiger charge is 2.37. The number of rotatable bonds is 18. The molecule has 0 bridgehead atoms. The van der Waals surface area contributed by atoms with Gasteiger partial charge < -0.3 is 31.3 Å². The molecule has 0 aromatic rings. The Morgan fingerprint density at radius 1 is 1.02 bits per heavy atom. The van der Waals surface area contributed by atoms with Crippen molar-refractivity contribution in [2.75, 3.05) is 18.9 Å². The van der Waals surface area contributed by atoms with E-state index in [4.69, 9.17) is 10.5 Å². The summed E-state index contributed by atoms with van der Waals surface area (Å²) in [5.74, 6) is -2.07. The van der Waals surface area contributed by atoms with Crippen molar-refractivity contribution in [1.82, 2.24) is 15.5 Å². The van der Waals surface area contributed by atoms with E-state index in [1.54, 1.807) is 10.8 Å². The number of carbonyl (C=O) groups excluding carboxylic acids is 4. The molecule has 11 nitrogen and oxygen atoms in total. The van der Waals surface area contributed by atoms with Crippen molar-refractivity contribution in [1.29, 1.82) is 0 Å². The predicted octanol–water partition coefficient (Wildman–Crippen LogP) is 1.85. The van der Waals surface area contributed by atoms with Gasteiger partial charge in [0.05, 0.1) is 5.60 Å². The molecule has 0 radical (unpaired) electrons. The van der Waals surface area contributed by atoms with Crippen molar-refractivity contribution in [3.05, 3.63) is 12.2 Å². The molecule has 0 aliphatic carbocycles. The standard InChI is InChI=1S/C27H48N4O7S2/c1-8-26(6,14-15-38-27(7,9-2)13-12-22(34)35)30-23(36)18(17-39-40-25(3,4)5)29-24(37)19(16-28)31-20(32)10-11-21(31)33/h10-11,18-19,22,34-35H,8-9,12-17,28H2,1-7H3,(H,29,37)(H,30,36). The minimum absolute atomic E-state index is 0.0805. The third-order valence-corrected chi connectivity index (χ3v) is 10.2. The van der Waals surface area contributed by atoms with Crippen LogP contribution in [0.2, 0.25) is 0 Å². The number of ether oxygens (including phenoxy) is 1. The highest BCUT2D eigenvalue weighted by molar-refractivity contribution is 8.77. The topological polar surface area (TPSA) is 171 Å². The van der Waals surface area contributed by atoms with Crippen molar-refractivity contribution in [3.63, 3.8) is 0 Å². The summed E-state index contributed by atoms with van der Waals surface area (Å²) in [7, 11) is 3.01. The van der Waals surface area contributed by atoms with E-state index in [0.29, 0.717) is 32.3 Å². The summed E-state index contributed by atoms with van der Waals surface area (Å²) in [6.07, 6.45) is 3.23. The van der Waals surface area contributed by atoms with Gasteiger partial charge in [-0.25, -0.2) is 0 Å². The summed E-state index contributed by atoms with van der Waals surface area (Å²) in [5.41, 5.74) is 4.58. The molecule has 1 aliphatic heterocycles. The van der Waals surface area contributed by atoms with E-state index in [1.807, 2.05) is 48.5 Å². The normalized spacial score (nSPS) is 18.4. The third kappa shape index (κ3) is 12.1. The van der Waals surface area contributed by atoms with Gasteiger partial charge in [-0.1, -0.05) is 56.2 Å². The Morgan fingerprint density at radius 3 is 2.10 bits per heavy atom. The van der Waals surface area contributed by atoms with Crippen LogP contribution >= 0.6 is 21.6 Å². The zero-order chi connectivity index (χ0) is 30.7. The summed E-state index contributed by atoms with van der Waals surface area (Å²) >= 11 is 0. The van der Waals surface area contributed by atoms with Crippen molar-refractivity contribution >= 4 is 45.2 Å². The lowest BCUT2D eigenvalue weighted by molar-refractivity contribution is -0.145. The van der Waals surface area contributed by atoms with Gasteiger partial charge in [-0.15, -0.1) is 0 Å². The van der Waals surface area contributed by atoms with Gasteiger partial charge in [-0.2, -0.15) is 0 Å². The van der Waals surface area contributed by atoms with Crippen molar-refractivity contribution < 1.29 is 34.1 Å². The highest BCUT2D eigenvalue weighted by Crippen LogP contribution is 2.35. The van der Waals surface area contributed by atoms with Crippen molar-refractivity contribution in [2.24, 2.45) is 5.73 Å². The maximum atomic E-state index is 13.5. The van der Waals surface area contributed by atoms with Gasteiger partial charge in [-0.3, -0.25) is 24.1 Å². The molecule has 1 rings (SSSR count). The lowest BCUT2D eigenvalue weighted by atomic mass is 9.93. The molecule has 4 amide bonds. The molecule has 0 spiro atoms. The Morgan fingerprint density at radius 2 is 1.62 bits per heavy atom. The average Bonchev–Trinajstić information content (AvgIpc) is 3.19. The minimum atomic E-state index is -1.40. The van der Waals surface area contributed by atoms with Gasteiger partial charge >= 0.3 is 0 Å². The van der Waals surface area contributed by atoms with Gasteiger partial charge in [0, 0.05) is 47.8 Å². The summed E-state index contributed by atoms with van der Waals surface area (Å²) in [5, 5.41) is 24.3. The van der Waals surface area contributed by atoms with Gasteiger partial charge in [0.25, 0.3) is 11.8 Å². The molecule has 230 valence electrons. The third-order valence-electron chi connectivity index (χ3n) is 6.85. The van der Waals surface area contributed by atoms with Crippen molar-refractivity contribution in [2.45, 2.75) is 115 Å². The molecule has 0 aromatic carbocycles. The van der Waals surface area contributed by atoms with E-state index in [-0.39, 0.29) is 23.5 Å². The average molecular weight is 605 g/mol. The van der Waals surface area contributed by atoms with E-state index >= 15 is 0 Å². The summed E-state index contributed by atoms with van der Waals surface area (Å²) in [6.45, 7) is 13.9. The van der Waals surface area contributed by atoms with E-state index in [0.717, 1.165) is 17.1 Å². The number of nitrogens with one attached hydrogen (secondary N) is 2. The molecule has 0 saturated heterocycles. The first-order valence-electron chi connectivity index (χ1n) is 13.7. The Labute approximate surface area is 246 Å². The first-order chi connectivity index (χ1) is 18.5. The van der Waals surface area contributed by atoms with E-state index in [2.05, 4.69) is 10.6 Å². The number of hydrogen-bond donors (Lipinski definition) is 5. The van der Waals surface area contributed by atoms with Crippen LogP contribution in [0.25, 0.3) is 0 Å². The molecule has 4 unspecified atom stereocenters. The molecular formula is C27H48N4O7S2. The number of nitrogens with two attached hydrogens (primary N) is 1. The minimum Gasteiger partial charge on any atom is -0.375 e. The molecule has 1 aliphatic rings. The lowest BCUT2D eigenvalue weighted by Crippen LogP contribution is -2.60. The monoisotopic (exact) mass is 604 g/mol. The summed E-state index contributed by atoms with van der Waals surface area (Å²) in [6, 6.07) is -2.18. The predicted molar refractivity (Wildman–Crippen MR) is 159 cm³/mol. The van der Waals surface area contributed by atoms with Crippen molar-refractivity contribution in [3.8, 4) is 0 Å². The SMILES string of the molecule is CCC(C)(CCOC(C)(CC)CCC(O)O)NC(=O)C(CSSC(C)(C)C)NC(=O)C(CN)N1C(=O)C=CC1=O.